The van der Waals surface area contributed by atoms with Crippen LogP contribution in [0.1, 0.15) is 0 Å². The van der Waals surface area contributed by atoms with Gasteiger partial charge >= 0.3 is 0 Å². The summed E-state index contributed by atoms with van der Waals surface area (Å²) in [6.45, 7) is 0. The average Bonchev–Trinajstić information content (AvgIpc) is 3.60. The minimum atomic E-state index is 0.854. The highest BCUT2D eigenvalue weighted by Gasteiger charge is 2.24. The predicted octanol–water partition coefficient (Wildman–Crippen LogP) is 14.4. The van der Waals surface area contributed by atoms with Crippen LogP contribution in [-0.4, -0.2) is 0 Å². The van der Waals surface area contributed by atoms with Gasteiger partial charge in [-0.05, 0) is 80.2 Å². The van der Waals surface area contributed by atoms with Crippen molar-refractivity contribution in [2.75, 3.05) is 4.90 Å². The molecule has 10 aromatic rings. The van der Waals surface area contributed by atoms with Gasteiger partial charge in [0.15, 0.2) is 0 Å². The molecular weight excluding hydrogens is 631 g/mol. The van der Waals surface area contributed by atoms with E-state index in [9.17, 15) is 0 Å². The molecule has 0 bridgehead atoms. The molecule has 0 unspecified atom stereocenters. The fourth-order valence-corrected chi connectivity index (χ4v) is 7.87. The van der Waals surface area contributed by atoms with Gasteiger partial charge in [-0.2, -0.15) is 0 Å². The van der Waals surface area contributed by atoms with Gasteiger partial charge in [0, 0.05) is 22.2 Å². The lowest BCUT2D eigenvalue weighted by Crippen LogP contribution is -2.11. The summed E-state index contributed by atoms with van der Waals surface area (Å²) < 4.78 is 7.02. The molecule has 0 aliphatic rings. The highest BCUT2D eigenvalue weighted by atomic mass is 16.3. The lowest BCUT2D eigenvalue weighted by molar-refractivity contribution is 0.670. The number of para-hydroxylation sites is 1. The Morgan fingerprint density at radius 3 is 1.75 bits per heavy atom. The Kier molecular flexibility index (Phi) is 7.18. The van der Waals surface area contributed by atoms with E-state index in [0.29, 0.717) is 0 Å². The van der Waals surface area contributed by atoms with E-state index in [0.717, 1.165) is 55.7 Å². The molecule has 2 heteroatoms. The SMILES string of the molecule is c1ccc(-c2ccc(N(c3ccccc3-c3ccccc3)c3cccc4oc5c(-c6cccc7ccccc67)c6ccccc6cc5c34)cc2)cc1. The molecule has 0 N–H and O–H groups in total. The zero-order valence-corrected chi connectivity index (χ0v) is 28.4. The smallest absolute Gasteiger partial charge is 0.143 e. The topological polar surface area (TPSA) is 16.4 Å². The number of fused-ring (bicyclic) bond motifs is 5. The molecule has 244 valence electrons. The molecule has 0 aliphatic heterocycles. The normalized spacial score (nSPS) is 11.5. The molecule has 0 radical (unpaired) electrons. The maximum absolute atomic E-state index is 7.02. The van der Waals surface area contributed by atoms with Crippen LogP contribution in [-0.2, 0) is 0 Å². The first-order valence-electron chi connectivity index (χ1n) is 17.8. The molecular formula is C50H33NO. The molecule has 0 aliphatic carbocycles. The van der Waals surface area contributed by atoms with Crippen molar-refractivity contribution in [2.45, 2.75) is 0 Å². The molecule has 0 spiro atoms. The van der Waals surface area contributed by atoms with E-state index in [1.807, 2.05) is 0 Å². The van der Waals surface area contributed by atoms with Gasteiger partial charge < -0.3 is 9.32 Å². The summed E-state index contributed by atoms with van der Waals surface area (Å²) in [5.41, 5.74) is 12.0. The summed E-state index contributed by atoms with van der Waals surface area (Å²) in [7, 11) is 0. The molecule has 9 aromatic carbocycles. The minimum absolute atomic E-state index is 0.854. The quantitative estimate of drug-likeness (QED) is 0.176. The van der Waals surface area contributed by atoms with E-state index < -0.39 is 0 Å². The van der Waals surface area contributed by atoms with Gasteiger partial charge in [-0.1, -0.05) is 164 Å². The fourth-order valence-electron chi connectivity index (χ4n) is 7.87. The Morgan fingerprint density at radius 2 is 0.942 bits per heavy atom. The van der Waals surface area contributed by atoms with Gasteiger partial charge in [-0.15, -0.1) is 0 Å². The number of hydrogen-bond acceptors (Lipinski definition) is 2. The molecule has 0 atom stereocenters. The molecule has 1 aromatic heterocycles. The van der Waals surface area contributed by atoms with Crippen LogP contribution in [0.25, 0.3) is 76.9 Å². The van der Waals surface area contributed by atoms with Crippen molar-refractivity contribution < 1.29 is 4.42 Å². The van der Waals surface area contributed by atoms with Crippen LogP contribution in [0, 0.1) is 0 Å². The van der Waals surface area contributed by atoms with E-state index in [1.54, 1.807) is 0 Å². The van der Waals surface area contributed by atoms with Gasteiger partial charge in [0.05, 0.1) is 16.8 Å². The first-order chi connectivity index (χ1) is 25.8. The summed E-state index contributed by atoms with van der Waals surface area (Å²) in [6, 6.07) is 71.5. The predicted molar refractivity (Wildman–Crippen MR) is 220 cm³/mol. The third-order valence-corrected chi connectivity index (χ3v) is 10.2. The third-order valence-electron chi connectivity index (χ3n) is 10.2. The summed E-state index contributed by atoms with van der Waals surface area (Å²) >= 11 is 0. The van der Waals surface area contributed by atoms with Crippen LogP contribution in [0.5, 0.6) is 0 Å². The second-order valence-corrected chi connectivity index (χ2v) is 13.3. The average molecular weight is 664 g/mol. The maximum Gasteiger partial charge on any atom is 0.143 e. The molecule has 1 heterocycles. The van der Waals surface area contributed by atoms with E-state index in [2.05, 4.69) is 205 Å². The van der Waals surface area contributed by atoms with Gasteiger partial charge in [0.1, 0.15) is 11.2 Å². The Labute approximate surface area is 302 Å². The van der Waals surface area contributed by atoms with Crippen molar-refractivity contribution in [1.82, 2.24) is 0 Å². The van der Waals surface area contributed by atoms with E-state index in [1.165, 1.54) is 38.2 Å². The maximum atomic E-state index is 7.02. The number of anilines is 3. The summed E-state index contributed by atoms with van der Waals surface area (Å²) in [6.07, 6.45) is 0. The van der Waals surface area contributed by atoms with Gasteiger partial charge in [0.25, 0.3) is 0 Å². The number of hydrogen-bond donors (Lipinski definition) is 0. The van der Waals surface area contributed by atoms with Crippen LogP contribution < -0.4 is 4.90 Å². The second kappa shape index (κ2) is 12.5. The summed E-state index contributed by atoms with van der Waals surface area (Å²) in [5.74, 6) is 0. The highest BCUT2D eigenvalue weighted by Crippen LogP contribution is 2.49. The fraction of sp³-hybridized carbons (Fsp3) is 0. The minimum Gasteiger partial charge on any atom is -0.455 e. The Balaban J connectivity index is 1.28. The summed E-state index contributed by atoms with van der Waals surface area (Å²) in [5, 5.41) is 6.95. The Bertz CT molecular complexity index is 2880. The molecule has 2 nitrogen and oxygen atoms in total. The first-order valence-corrected chi connectivity index (χ1v) is 17.8. The van der Waals surface area contributed by atoms with Crippen LogP contribution in [0.3, 0.4) is 0 Å². The van der Waals surface area contributed by atoms with E-state index in [-0.39, 0.29) is 0 Å². The molecule has 0 saturated carbocycles. The molecule has 52 heavy (non-hydrogen) atoms. The molecule has 0 fully saturated rings. The lowest BCUT2D eigenvalue weighted by atomic mass is 9.91. The van der Waals surface area contributed by atoms with Crippen molar-refractivity contribution in [3.8, 4) is 33.4 Å². The number of rotatable bonds is 6. The van der Waals surface area contributed by atoms with Crippen LogP contribution >= 0.6 is 0 Å². The van der Waals surface area contributed by atoms with E-state index >= 15 is 0 Å². The zero-order valence-electron chi connectivity index (χ0n) is 28.4. The number of furan rings is 1. The van der Waals surface area contributed by atoms with Crippen LogP contribution in [0.4, 0.5) is 17.1 Å². The van der Waals surface area contributed by atoms with Gasteiger partial charge in [-0.3, -0.25) is 0 Å². The van der Waals surface area contributed by atoms with Gasteiger partial charge in [0.2, 0.25) is 0 Å². The molecule has 10 rings (SSSR count). The van der Waals surface area contributed by atoms with Crippen molar-refractivity contribution in [3.05, 3.63) is 200 Å². The van der Waals surface area contributed by atoms with E-state index in [4.69, 9.17) is 4.42 Å². The highest BCUT2D eigenvalue weighted by molar-refractivity contribution is 6.23. The van der Waals surface area contributed by atoms with Crippen molar-refractivity contribution in [2.24, 2.45) is 0 Å². The Morgan fingerprint density at radius 1 is 0.365 bits per heavy atom. The lowest BCUT2D eigenvalue weighted by Gasteiger charge is -2.28. The second-order valence-electron chi connectivity index (χ2n) is 13.3. The standard InChI is InChI=1S/C50H33NO/c1-3-15-34(16-4-1)35-29-31-39(32-30-35)51(45-26-12-11-23-41(45)37-17-5-2-6-18-37)46-27-14-28-47-49(46)44-33-38-20-8-10-24-42(38)48(50(44)52-47)43-25-13-21-36-19-7-9-22-40(36)43/h1-33H. The number of benzene rings is 9. The van der Waals surface area contributed by atoms with Crippen LogP contribution in [0.2, 0.25) is 0 Å². The van der Waals surface area contributed by atoms with Crippen molar-refractivity contribution >= 4 is 60.5 Å². The zero-order chi connectivity index (χ0) is 34.4. The largest absolute Gasteiger partial charge is 0.455 e. The third kappa shape index (κ3) is 4.96. The number of nitrogens with zero attached hydrogens (tertiary/aromatic N) is 1. The van der Waals surface area contributed by atoms with Crippen molar-refractivity contribution in [3.63, 3.8) is 0 Å². The first kappa shape index (κ1) is 30.0. The van der Waals surface area contributed by atoms with Crippen LogP contribution in [0.15, 0.2) is 205 Å². The molecule has 0 amide bonds. The van der Waals surface area contributed by atoms with Crippen molar-refractivity contribution in [1.29, 1.82) is 0 Å². The molecule has 0 saturated heterocycles. The monoisotopic (exact) mass is 663 g/mol. The Hall–Kier alpha value is -6.90. The van der Waals surface area contributed by atoms with Gasteiger partial charge in [-0.25, -0.2) is 0 Å². The summed E-state index contributed by atoms with van der Waals surface area (Å²) in [4.78, 5) is 2.40.